The van der Waals surface area contributed by atoms with Crippen molar-refractivity contribution < 1.29 is 0 Å². The van der Waals surface area contributed by atoms with Gasteiger partial charge in [0.15, 0.2) is 0 Å². The van der Waals surface area contributed by atoms with E-state index < -0.39 is 0 Å². The molecule has 0 radical (unpaired) electrons. The van der Waals surface area contributed by atoms with Gasteiger partial charge in [0, 0.05) is 11.3 Å². The third kappa shape index (κ3) is 4.45. The van der Waals surface area contributed by atoms with Gasteiger partial charge in [-0.05, 0) is 26.7 Å². The van der Waals surface area contributed by atoms with E-state index >= 15 is 0 Å². The van der Waals surface area contributed by atoms with Crippen LogP contribution in [-0.4, -0.2) is 16.2 Å². The molecule has 1 heterocycles. The van der Waals surface area contributed by atoms with Gasteiger partial charge in [-0.1, -0.05) is 57.8 Å². The third-order valence-electron chi connectivity index (χ3n) is 4.44. The molecule has 1 aliphatic heterocycles. The lowest BCUT2D eigenvalue weighted by molar-refractivity contribution is 0.314. The second-order valence-corrected chi connectivity index (χ2v) is 8.33. The molecule has 0 atom stereocenters. The zero-order valence-electron chi connectivity index (χ0n) is 12.4. The van der Waals surface area contributed by atoms with Crippen LogP contribution in [0.15, 0.2) is 0 Å². The monoisotopic (exact) mass is 269 g/mol. The summed E-state index contributed by atoms with van der Waals surface area (Å²) in [5, 5.41) is 3.96. The molecule has 2 fully saturated rings. The molecule has 1 nitrogen and oxygen atoms in total. The van der Waals surface area contributed by atoms with Crippen LogP contribution in [0.2, 0.25) is 0 Å². The highest BCUT2D eigenvalue weighted by Gasteiger charge is 2.41. The Bertz CT molecular complexity index is 237. The van der Waals surface area contributed by atoms with E-state index in [4.69, 9.17) is 0 Å². The van der Waals surface area contributed by atoms with Crippen molar-refractivity contribution in [2.75, 3.05) is 5.75 Å². The molecule has 0 amide bonds. The standard InChI is InChI=1S/C16H31NS/c1-15(2)14-18-16(17-15)12-10-8-6-4-3-5-7-9-11-13-16/h17H,3-14H2,1-2H3. The number of nitrogens with one attached hydrogen (secondary N) is 1. The summed E-state index contributed by atoms with van der Waals surface area (Å²) in [6.07, 6.45) is 15.9. The van der Waals surface area contributed by atoms with E-state index in [1.807, 2.05) is 0 Å². The molecule has 0 aromatic carbocycles. The summed E-state index contributed by atoms with van der Waals surface area (Å²) in [4.78, 5) is 0.419. The molecule has 2 heteroatoms. The topological polar surface area (TPSA) is 12.0 Å². The summed E-state index contributed by atoms with van der Waals surface area (Å²) in [7, 11) is 0. The Balaban J connectivity index is 1.89. The summed E-state index contributed by atoms with van der Waals surface area (Å²) in [5.41, 5.74) is 0.349. The molecular weight excluding hydrogens is 238 g/mol. The van der Waals surface area contributed by atoms with Crippen molar-refractivity contribution in [2.24, 2.45) is 0 Å². The van der Waals surface area contributed by atoms with Gasteiger partial charge in [0.2, 0.25) is 0 Å². The quantitative estimate of drug-likeness (QED) is 0.656. The van der Waals surface area contributed by atoms with E-state index in [2.05, 4.69) is 30.9 Å². The van der Waals surface area contributed by atoms with Crippen LogP contribution in [0.4, 0.5) is 0 Å². The van der Waals surface area contributed by atoms with Crippen LogP contribution in [0.3, 0.4) is 0 Å². The molecule has 0 aromatic rings. The fourth-order valence-electron chi connectivity index (χ4n) is 3.46. The van der Waals surface area contributed by atoms with Crippen LogP contribution in [0, 0.1) is 0 Å². The Labute approximate surface area is 118 Å². The van der Waals surface area contributed by atoms with Gasteiger partial charge in [-0.2, -0.15) is 0 Å². The van der Waals surface area contributed by atoms with Gasteiger partial charge in [0.25, 0.3) is 0 Å². The zero-order valence-corrected chi connectivity index (χ0v) is 13.2. The van der Waals surface area contributed by atoms with E-state index in [0.29, 0.717) is 10.4 Å². The number of hydrogen-bond donors (Lipinski definition) is 1. The normalized spacial score (nSPS) is 29.7. The van der Waals surface area contributed by atoms with Crippen molar-refractivity contribution in [3.8, 4) is 0 Å². The van der Waals surface area contributed by atoms with Crippen LogP contribution in [0.5, 0.6) is 0 Å². The minimum atomic E-state index is 0.349. The molecule has 0 aromatic heterocycles. The Kier molecular flexibility index (Phi) is 5.44. The predicted octanol–water partition coefficient (Wildman–Crippen LogP) is 5.10. The van der Waals surface area contributed by atoms with Gasteiger partial charge < -0.3 is 0 Å². The number of thioether (sulfide) groups is 1. The summed E-state index contributed by atoms with van der Waals surface area (Å²) in [5.74, 6) is 1.28. The maximum Gasteiger partial charge on any atom is 0.0650 e. The van der Waals surface area contributed by atoms with E-state index in [-0.39, 0.29) is 0 Å². The highest BCUT2D eigenvalue weighted by molar-refractivity contribution is 8.00. The minimum Gasteiger partial charge on any atom is -0.297 e. The van der Waals surface area contributed by atoms with E-state index in [1.54, 1.807) is 0 Å². The lowest BCUT2D eigenvalue weighted by atomic mass is 9.95. The van der Waals surface area contributed by atoms with Gasteiger partial charge in [-0.25, -0.2) is 0 Å². The van der Waals surface area contributed by atoms with Crippen LogP contribution in [0.1, 0.15) is 84.5 Å². The molecule has 1 N–H and O–H groups in total. The molecular formula is C16H31NS. The lowest BCUT2D eigenvalue weighted by Gasteiger charge is -2.32. The van der Waals surface area contributed by atoms with Crippen molar-refractivity contribution in [3.63, 3.8) is 0 Å². The van der Waals surface area contributed by atoms with Crippen molar-refractivity contribution in [1.29, 1.82) is 0 Å². The van der Waals surface area contributed by atoms with Gasteiger partial charge in [-0.3, -0.25) is 5.32 Å². The van der Waals surface area contributed by atoms with Crippen molar-refractivity contribution in [2.45, 2.75) is 94.9 Å². The second kappa shape index (κ2) is 6.65. The lowest BCUT2D eigenvalue weighted by Crippen LogP contribution is -2.47. The van der Waals surface area contributed by atoms with Gasteiger partial charge >= 0.3 is 0 Å². The van der Waals surface area contributed by atoms with E-state index in [0.717, 1.165) is 0 Å². The van der Waals surface area contributed by atoms with Crippen LogP contribution in [-0.2, 0) is 0 Å². The summed E-state index contributed by atoms with van der Waals surface area (Å²) < 4.78 is 0. The molecule has 1 saturated carbocycles. The summed E-state index contributed by atoms with van der Waals surface area (Å²) in [6, 6.07) is 0. The maximum atomic E-state index is 3.96. The average molecular weight is 269 g/mol. The van der Waals surface area contributed by atoms with Gasteiger partial charge in [0.05, 0.1) is 4.87 Å². The first kappa shape index (κ1) is 14.7. The molecule has 1 saturated heterocycles. The first-order valence-electron chi connectivity index (χ1n) is 8.05. The summed E-state index contributed by atoms with van der Waals surface area (Å²) in [6.45, 7) is 4.73. The Morgan fingerprint density at radius 3 is 1.56 bits per heavy atom. The molecule has 0 unspecified atom stereocenters. The second-order valence-electron chi connectivity index (χ2n) is 6.97. The molecule has 1 aliphatic carbocycles. The SMILES string of the molecule is CC1(C)CSC2(CCCCCCCCCCC2)N1. The maximum absolute atomic E-state index is 3.96. The van der Waals surface area contributed by atoms with E-state index in [1.165, 1.54) is 76.4 Å². The number of hydrogen-bond acceptors (Lipinski definition) is 2. The third-order valence-corrected chi connectivity index (χ3v) is 6.37. The average Bonchev–Trinajstić information content (AvgIpc) is 2.61. The molecule has 0 bridgehead atoms. The van der Waals surface area contributed by atoms with Gasteiger partial charge in [-0.15, -0.1) is 11.8 Å². The van der Waals surface area contributed by atoms with Crippen molar-refractivity contribution in [3.05, 3.63) is 0 Å². The minimum absolute atomic E-state index is 0.349. The highest BCUT2D eigenvalue weighted by atomic mass is 32.2. The van der Waals surface area contributed by atoms with Crippen LogP contribution in [0.25, 0.3) is 0 Å². The summed E-state index contributed by atoms with van der Waals surface area (Å²) >= 11 is 2.21. The molecule has 18 heavy (non-hydrogen) atoms. The van der Waals surface area contributed by atoms with Crippen molar-refractivity contribution in [1.82, 2.24) is 5.32 Å². The fraction of sp³-hybridized carbons (Fsp3) is 1.00. The Morgan fingerprint density at radius 2 is 1.17 bits per heavy atom. The number of rotatable bonds is 0. The Morgan fingerprint density at radius 1 is 0.722 bits per heavy atom. The first-order valence-corrected chi connectivity index (χ1v) is 9.04. The highest BCUT2D eigenvalue weighted by Crippen LogP contribution is 2.42. The van der Waals surface area contributed by atoms with Crippen LogP contribution >= 0.6 is 11.8 Å². The fourth-order valence-corrected chi connectivity index (χ4v) is 5.10. The van der Waals surface area contributed by atoms with E-state index in [9.17, 15) is 0 Å². The first-order chi connectivity index (χ1) is 8.62. The largest absolute Gasteiger partial charge is 0.297 e. The zero-order chi connectivity index (χ0) is 12.9. The van der Waals surface area contributed by atoms with Crippen LogP contribution < -0.4 is 5.32 Å². The smallest absolute Gasteiger partial charge is 0.0650 e. The van der Waals surface area contributed by atoms with Gasteiger partial charge in [0.1, 0.15) is 0 Å². The molecule has 106 valence electrons. The molecule has 2 aliphatic rings. The molecule has 1 spiro atoms. The Hall–Kier alpha value is 0.310. The molecule has 2 rings (SSSR count). The predicted molar refractivity (Wildman–Crippen MR) is 83.2 cm³/mol. The van der Waals surface area contributed by atoms with Crippen molar-refractivity contribution >= 4 is 11.8 Å².